The number of aryl methyl sites for hydroxylation is 2. The highest BCUT2D eigenvalue weighted by molar-refractivity contribution is 5.91. The second-order valence-corrected chi connectivity index (χ2v) is 2.97. The first-order valence-corrected chi connectivity index (χ1v) is 4.57. The third-order valence-corrected chi connectivity index (χ3v) is 1.92. The lowest BCUT2D eigenvalue weighted by Crippen LogP contribution is -2.13. The van der Waals surface area contributed by atoms with Crippen molar-refractivity contribution in [1.29, 1.82) is 10.7 Å². The van der Waals surface area contributed by atoms with E-state index >= 15 is 0 Å². The number of rotatable bonds is 2. The minimum absolute atomic E-state index is 0.107. The van der Waals surface area contributed by atoms with Gasteiger partial charge >= 0.3 is 0 Å². The number of aromatic nitrogens is 2. The summed E-state index contributed by atoms with van der Waals surface area (Å²) in [6.07, 6.45) is 0. The van der Waals surface area contributed by atoms with Crippen LogP contribution in [0.15, 0.2) is 0 Å². The van der Waals surface area contributed by atoms with E-state index in [0.717, 1.165) is 0 Å². The molecule has 0 bridgehead atoms. The molecule has 78 valence electrons. The van der Waals surface area contributed by atoms with E-state index in [-0.39, 0.29) is 17.3 Å². The smallest absolute Gasteiger partial charge is 0.235 e. The number of nitrogens with one attached hydrogen (secondary N) is 1. The van der Waals surface area contributed by atoms with Crippen LogP contribution in [0.4, 0.5) is 0 Å². The van der Waals surface area contributed by atoms with Gasteiger partial charge in [-0.2, -0.15) is 5.26 Å². The fraction of sp³-hybridized carbons (Fsp3) is 0.400. The molecule has 0 unspecified atom stereocenters. The second kappa shape index (κ2) is 4.51. The molecule has 5 nitrogen and oxygen atoms in total. The molecule has 0 aromatic carbocycles. The van der Waals surface area contributed by atoms with E-state index in [2.05, 4.69) is 9.97 Å². The zero-order chi connectivity index (χ0) is 11.4. The van der Waals surface area contributed by atoms with Crippen molar-refractivity contribution >= 4 is 5.90 Å². The second-order valence-electron chi connectivity index (χ2n) is 2.97. The number of hydrogen-bond acceptors (Lipinski definition) is 5. The molecule has 1 aromatic rings. The summed E-state index contributed by atoms with van der Waals surface area (Å²) < 4.78 is 4.99. The Morgan fingerprint density at radius 2 is 2.00 bits per heavy atom. The van der Waals surface area contributed by atoms with Gasteiger partial charge in [-0.1, -0.05) is 0 Å². The van der Waals surface area contributed by atoms with Crippen molar-refractivity contribution < 1.29 is 4.74 Å². The summed E-state index contributed by atoms with van der Waals surface area (Å²) in [6, 6.07) is 1.91. The van der Waals surface area contributed by atoms with Gasteiger partial charge in [0.15, 0.2) is 11.4 Å². The first-order chi connectivity index (χ1) is 7.10. The summed E-state index contributed by atoms with van der Waals surface area (Å²) in [5.74, 6) is -0.107. The van der Waals surface area contributed by atoms with E-state index < -0.39 is 0 Å². The van der Waals surface area contributed by atoms with Crippen molar-refractivity contribution in [3.8, 4) is 6.07 Å². The third kappa shape index (κ3) is 2.29. The summed E-state index contributed by atoms with van der Waals surface area (Å²) in [6.45, 7) is 5.71. The SMILES string of the molecule is CCOC(=N)c1nc(C)c(C)nc1C#N. The fourth-order valence-electron chi connectivity index (χ4n) is 1.05. The van der Waals surface area contributed by atoms with E-state index in [9.17, 15) is 0 Å². The molecule has 0 amide bonds. The van der Waals surface area contributed by atoms with Crippen molar-refractivity contribution in [2.75, 3.05) is 6.61 Å². The normalized spacial score (nSPS) is 9.47. The van der Waals surface area contributed by atoms with Gasteiger partial charge in [0, 0.05) is 0 Å². The quantitative estimate of drug-likeness (QED) is 0.581. The van der Waals surface area contributed by atoms with Gasteiger partial charge in [0.25, 0.3) is 0 Å². The summed E-state index contributed by atoms with van der Waals surface area (Å²) >= 11 is 0. The van der Waals surface area contributed by atoms with E-state index in [1.54, 1.807) is 20.8 Å². The van der Waals surface area contributed by atoms with Crippen LogP contribution in [0.2, 0.25) is 0 Å². The topological polar surface area (TPSA) is 82.7 Å². The molecule has 1 heterocycles. The van der Waals surface area contributed by atoms with Crippen LogP contribution in [0.5, 0.6) is 0 Å². The molecule has 0 saturated carbocycles. The van der Waals surface area contributed by atoms with Crippen LogP contribution in [-0.4, -0.2) is 22.5 Å². The molecule has 1 rings (SSSR count). The van der Waals surface area contributed by atoms with Crippen LogP contribution < -0.4 is 0 Å². The van der Waals surface area contributed by atoms with Gasteiger partial charge in [0.2, 0.25) is 5.90 Å². The zero-order valence-electron chi connectivity index (χ0n) is 8.96. The molecule has 0 aliphatic carbocycles. The Bertz CT molecular complexity index is 434. The van der Waals surface area contributed by atoms with Crippen LogP contribution in [0.1, 0.15) is 29.7 Å². The fourth-order valence-corrected chi connectivity index (χ4v) is 1.05. The van der Waals surface area contributed by atoms with Crippen LogP contribution in [0, 0.1) is 30.6 Å². The van der Waals surface area contributed by atoms with Crippen LogP contribution >= 0.6 is 0 Å². The number of hydrogen-bond donors (Lipinski definition) is 1. The zero-order valence-corrected chi connectivity index (χ0v) is 8.96. The Kier molecular flexibility index (Phi) is 3.34. The maximum atomic E-state index is 8.85. The molecule has 0 saturated heterocycles. The average Bonchev–Trinajstić information content (AvgIpc) is 2.21. The highest BCUT2D eigenvalue weighted by atomic mass is 16.5. The highest BCUT2D eigenvalue weighted by Gasteiger charge is 2.14. The van der Waals surface area contributed by atoms with Gasteiger partial charge in [0.05, 0.1) is 18.0 Å². The lowest BCUT2D eigenvalue weighted by atomic mass is 10.2. The Labute approximate surface area is 88.3 Å². The van der Waals surface area contributed by atoms with Gasteiger partial charge < -0.3 is 4.74 Å². The van der Waals surface area contributed by atoms with Crippen molar-refractivity contribution in [1.82, 2.24) is 9.97 Å². The van der Waals surface area contributed by atoms with Crippen molar-refractivity contribution in [2.45, 2.75) is 20.8 Å². The van der Waals surface area contributed by atoms with Gasteiger partial charge in [0.1, 0.15) is 6.07 Å². The Morgan fingerprint density at radius 1 is 1.40 bits per heavy atom. The molecule has 0 aliphatic rings. The molecule has 0 spiro atoms. The van der Waals surface area contributed by atoms with Crippen molar-refractivity contribution in [2.24, 2.45) is 0 Å². The molecule has 1 N–H and O–H groups in total. The van der Waals surface area contributed by atoms with Crippen LogP contribution in [-0.2, 0) is 4.74 Å². The molecular formula is C10H12N4O. The third-order valence-electron chi connectivity index (χ3n) is 1.92. The summed E-state index contributed by atoms with van der Waals surface area (Å²) in [5.41, 5.74) is 1.74. The first kappa shape index (κ1) is 11.1. The number of nitrogens with zero attached hydrogens (tertiary/aromatic N) is 3. The minimum Gasteiger partial charge on any atom is -0.477 e. The van der Waals surface area contributed by atoms with E-state index in [0.29, 0.717) is 18.0 Å². The van der Waals surface area contributed by atoms with E-state index in [4.69, 9.17) is 15.4 Å². The molecule has 1 aromatic heterocycles. The van der Waals surface area contributed by atoms with Crippen LogP contribution in [0.3, 0.4) is 0 Å². The summed E-state index contributed by atoms with van der Waals surface area (Å²) in [7, 11) is 0. The van der Waals surface area contributed by atoms with E-state index in [1.807, 2.05) is 6.07 Å². The highest BCUT2D eigenvalue weighted by Crippen LogP contribution is 2.08. The minimum atomic E-state index is -0.107. The van der Waals surface area contributed by atoms with Crippen LogP contribution in [0.25, 0.3) is 0 Å². The van der Waals surface area contributed by atoms with Gasteiger partial charge in [-0.25, -0.2) is 9.97 Å². The molecule has 0 atom stereocenters. The first-order valence-electron chi connectivity index (χ1n) is 4.57. The van der Waals surface area contributed by atoms with Crippen molar-refractivity contribution in [3.63, 3.8) is 0 Å². The molecule has 5 heteroatoms. The summed E-state index contributed by atoms with van der Waals surface area (Å²) in [4.78, 5) is 8.18. The Hall–Kier alpha value is -1.96. The molecular weight excluding hydrogens is 192 g/mol. The lowest BCUT2D eigenvalue weighted by Gasteiger charge is -2.07. The maximum Gasteiger partial charge on any atom is 0.235 e. The molecule has 0 radical (unpaired) electrons. The Balaban J connectivity index is 3.23. The largest absolute Gasteiger partial charge is 0.477 e. The predicted molar refractivity (Wildman–Crippen MR) is 54.7 cm³/mol. The lowest BCUT2D eigenvalue weighted by molar-refractivity contribution is 0.324. The van der Waals surface area contributed by atoms with Gasteiger partial charge in [-0.15, -0.1) is 0 Å². The molecule has 15 heavy (non-hydrogen) atoms. The Morgan fingerprint density at radius 3 is 2.53 bits per heavy atom. The number of nitriles is 1. The number of ether oxygens (including phenoxy) is 1. The van der Waals surface area contributed by atoms with Gasteiger partial charge in [-0.3, -0.25) is 5.41 Å². The van der Waals surface area contributed by atoms with Gasteiger partial charge in [-0.05, 0) is 20.8 Å². The summed E-state index contributed by atoms with van der Waals surface area (Å²) in [5, 5.41) is 16.4. The maximum absolute atomic E-state index is 8.85. The predicted octanol–water partition coefficient (Wildman–Crippen LogP) is 1.33. The van der Waals surface area contributed by atoms with Crippen molar-refractivity contribution in [3.05, 3.63) is 22.8 Å². The molecule has 0 aliphatic heterocycles. The standard InChI is InChI=1S/C10H12N4O/c1-4-15-10(12)9-8(5-11)13-6(2)7(3)14-9/h12H,4H2,1-3H3. The average molecular weight is 204 g/mol. The monoisotopic (exact) mass is 204 g/mol. The molecule has 0 fully saturated rings. The van der Waals surface area contributed by atoms with E-state index in [1.165, 1.54) is 0 Å².